The van der Waals surface area contributed by atoms with Crippen molar-refractivity contribution in [2.45, 2.75) is 38.9 Å². The Morgan fingerprint density at radius 1 is 1.36 bits per heavy atom. The van der Waals surface area contributed by atoms with E-state index in [1.165, 1.54) is 10.9 Å². The molecule has 4 heterocycles. The number of fused-ring (bicyclic) bond motifs is 1. The van der Waals surface area contributed by atoms with Crippen molar-refractivity contribution in [3.63, 3.8) is 0 Å². The lowest BCUT2D eigenvalue weighted by atomic mass is 9.97. The van der Waals surface area contributed by atoms with Gasteiger partial charge in [-0.3, -0.25) is 19.3 Å². The minimum atomic E-state index is -0.526. The molecule has 0 saturated carbocycles. The molecule has 1 atom stereocenters. The highest BCUT2D eigenvalue weighted by Crippen LogP contribution is 2.30. The number of hydrogen-bond acceptors (Lipinski definition) is 7. The number of nitrogens with one attached hydrogen (secondary N) is 2. The van der Waals surface area contributed by atoms with Crippen LogP contribution < -0.4 is 11.1 Å². The quantitative estimate of drug-likeness (QED) is 0.309. The first-order valence-corrected chi connectivity index (χ1v) is 12.8. The topological polar surface area (TPSA) is 142 Å². The second-order valence-electron chi connectivity index (χ2n) is 8.85. The lowest BCUT2D eigenvalue weighted by Crippen LogP contribution is -2.55. The Labute approximate surface area is 211 Å². The van der Waals surface area contributed by atoms with Crippen LogP contribution in [-0.2, 0) is 17.8 Å². The lowest BCUT2D eigenvalue weighted by molar-refractivity contribution is 0.0532. The van der Waals surface area contributed by atoms with Gasteiger partial charge in [0.25, 0.3) is 0 Å². The normalized spacial score (nSPS) is 17.9. The number of H-pyrrole nitrogens is 1. The number of carbonyl (C=O) groups is 1. The Morgan fingerprint density at radius 3 is 2.94 bits per heavy atom. The second kappa shape index (κ2) is 9.80. The van der Waals surface area contributed by atoms with Crippen molar-refractivity contribution in [3.8, 4) is 22.9 Å². The molecule has 1 aromatic carbocycles. The van der Waals surface area contributed by atoms with Crippen LogP contribution in [0, 0.1) is 6.92 Å². The van der Waals surface area contributed by atoms with Crippen LogP contribution >= 0.6 is 10.9 Å². The third kappa shape index (κ3) is 4.50. The van der Waals surface area contributed by atoms with E-state index in [0.29, 0.717) is 49.1 Å². The fourth-order valence-electron chi connectivity index (χ4n) is 4.59. The van der Waals surface area contributed by atoms with Crippen LogP contribution in [-0.4, -0.2) is 77.2 Å². The number of aromatic nitrogens is 7. The van der Waals surface area contributed by atoms with Gasteiger partial charge in [-0.2, -0.15) is 26.2 Å². The first-order valence-electron chi connectivity index (χ1n) is 11.8. The van der Waals surface area contributed by atoms with Gasteiger partial charge in [0, 0.05) is 36.1 Å². The van der Waals surface area contributed by atoms with E-state index in [0.717, 1.165) is 35.3 Å². The summed E-state index contributed by atoms with van der Waals surface area (Å²) in [5, 5.41) is 23.1. The highest BCUT2D eigenvalue weighted by atomic mass is 32.1. The Bertz CT molecular complexity index is 1470. The molecule has 1 amide bonds. The van der Waals surface area contributed by atoms with Crippen LogP contribution in [0.3, 0.4) is 0 Å². The minimum Gasteiger partial charge on any atom is -0.378 e. The summed E-state index contributed by atoms with van der Waals surface area (Å²) >= 11 is 0. The number of benzene rings is 1. The molecule has 0 spiro atoms. The molecule has 0 radical (unpaired) electrons. The molecular formula is C24H29N9O2S. The predicted molar refractivity (Wildman–Crippen MR) is 142 cm³/mol. The van der Waals surface area contributed by atoms with Gasteiger partial charge in [-0.1, -0.05) is 0 Å². The van der Waals surface area contributed by atoms with Gasteiger partial charge in [0.2, 0.25) is 5.91 Å². The number of morpholine rings is 1. The first kappa shape index (κ1) is 24.1. The Hall–Kier alpha value is -3.61. The fraction of sp³-hybridized carbons (Fsp3) is 0.375. The fourth-order valence-corrected chi connectivity index (χ4v) is 5.18. The second-order valence-corrected chi connectivity index (χ2v) is 9.42. The van der Waals surface area contributed by atoms with Crippen LogP contribution in [0.2, 0.25) is 0 Å². The van der Waals surface area contributed by atoms with Crippen molar-refractivity contribution in [2.24, 2.45) is 5.73 Å². The molecule has 0 aliphatic carbocycles. The maximum absolute atomic E-state index is 12.2. The van der Waals surface area contributed by atoms with E-state index in [2.05, 4.69) is 36.9 Å². The molecule has 188 valence electrons. The maximum Gasteiger partial charge on any atom is 0.248 e. The number of aromatic amines is 1. The molecule has 1 saturated heterocycles. The van der Waals surface area contributed by atoms with E-state index in [-0.39, 0.29) is 5.54 Å². The third-order valence-electron chi connectivity index (χ3n) is 6.38. The average molecular weight is 508 g/mol. The number of primary amides is 1. The largest absolute Gasteiger partial charge is 0.378 e. The van der Waals surface area contributed by atoms with Gasteiger partial charge >= 0.3 is 0 Å². The van der Waals surface area contributed by atoms with Crippen molar-refractivity contribution in [1.82, 2.24) is 40.1 Å². The molecule has 4 N–H and O–H groups in total. The molecule has 0 unspecified atom stereocenters. The number of aryl methyl sites for hydroxylation is 3. The van der Waals surface area contributed by atoms with Crippen molar-refractivity contribution in [3.05, 3.63) is 35.7 Å². The number of amides is 1. The van der Waals surface area contributed by atoms with Gasteiger partial charge in [-0.25, -0.2) is 4.98 Å². The highest BCUT2D eigenvalue weighted by molar-refractivity contribution is 7.95. The van der Waals surface area contributed by atoms with Gasteiger partial charge in [0.05, 0.1) is 36.2 Å². The van der Waals surface area contributed by atoms with Gasteiger partial charge in [-0.15, -0.1) is 0 Å². The Morgan fingerprint density at radius 2 is 2.22 bits per heavy atom. The van der Waals surface area contributed by atoms with E-state index in [1.807, 2.05) is 29.3 Å². The molecule has 11 nitrogen and oxygen atoms in total. The van der Waals surface area contributed by atoms with Crippen molar-refractivity contribution >= 4 is 39.0 Å². The van der Waals surface area contributed by atoms with Crippen LogP contribution in [0.1, 0.15) is 29.4 Å². The monoisotopic (exact) mass is 507 g/mol. The van der Waals surface area contributed by atoms with E-state index in [4.69, 9.17) is 15.5 Å². The van der Waals surface area contributed by atoms with E-state index in [1.54, 1.807) is 18.3 Å². The third-order valence-corrected chi connectivity index (χ3v) is 7.00. The number of hydrogen-bond donors (Lipinski definition) is 3. The van der Waals surface area contributed by atoms with Gasteiger partial charge in [0.15, 0.2) is 11.6 Å². The van der Waals surface area contributed by atoms with E-state index >= 15 is 0 Å². The summed E-state index contributed by atoms with van der Waals surface area (Å²) in [6.07, 6.45) is 2.52. The number of nitrogens with zero attached hydrogens (tertiary/aromatic N) is 6. The molecular weight excluding hydrogens is 478 g/mol. The molecule has 12 heteroatoms. The van der Waals surface area contributed by atoms with Gasteiger partial charge in [-0.05, 0) is 49.7 Å². The molecule has 1 aliphatic heterocycles. The molecule has 4 aromatic rings. The SMILES string of the molecule is C=S=C[C@]1(CCn2ncc3c(-c4n[nH]c(-c5cc(C)nn5CC)n4)cc(C(N)=O)cc32)COCCN1. The average Bonchev–Trinajstić information content (AvgIpc) is 3.61. The summed E-state index contributed by atoms with van der Waals surface area (Å²) in [6, 6.07) is 5.45. The summed E-state index contributed by atoms with van der Waals surface area (Å²) in [4.78, 5) is 16.9. The number of nitrogens with two attached hydrogens (primary N) is 1. The summed E-state index contributed by atoms with van der Waals surface area (Å²) in [5.41, 5.74) is 8.97. The van der Waals surface area contributed by atoms with Crippen LogP contribution in [0.25, 0.3) is 33.8 Å². The summed E-state index contributed by atoms with van der Waals surface area (Å²) in [7, 11) is 1.42. The minimum absolute atomic E-state index is 0.300. The van der Waals surface area contributed by atoms with Crippen LogP contribution in [0.5, 0.6) is 0 Å². The van der Waals surface area contributed by atoms with Crippen molar-refractivity contribution in [2.75, 3.05) is 19.8 Å². The van der Waals surface area contributed by atoms with Gasteiger partial charge in [0.1, 0.15) is 5.69 Å². The number of rotatable bonds is 8. The summed E-state index contributed by atoms with van der Waals surface area (Å²) in [5.74, 6) is 4.43. The number of ether oxygens (including phenoxy) is 1. The predicted octanol–water partition coefficient (Wildman–Crippen LogP) is 1.83. The summed E-state index contributed by atoms with van der Waals surface area (Å²) in [6.45, 7) is 7.30. The van der Waals surface area contributed by atoms with Crippen LogP contribution in [0.4, 0.5) is 0 Å². The zero-order chi connectivity index (χ0) is 25.3. The standard InChI is InChI=1S/C24H29N9O2S/c1-4-32-20(9-15(2)31-32)23-28-22(29-30-23)17-10-16(21(25)34)11-19-18(17)12-27-33(19)7-5-24(14-36-3)13-35-8-6-26-24/h9-12,14,26H,3-8,13H2,1-2H3,(H2,25,34)(H,28,29,30)/t24-/m0/s1. The molecule has 36 heavy (non-hydrogen) atoms. The van der Waals surface area contributed by atoms with Gasteiger partial charge < -0.3 is 15.8 Å². The molecule has 3 aromatic heterocycles. The lowest BCUT2D eigenvalue weighted by Gasteiger charge is -2.35. The molecule has 1 fully saturated rings. The number of carbonyl (C=O) groups excluding carboxylic acids is 1. The smallest absolute Gasteiger partial charge is 0.248 e. The van der Waals surface area contributed by atoms with E-state index < -0.39 is 5.91 Å². The van der Waals surface area contributed by atoms with Crippen LogP contribution in [0.15, 0.2) is 24.4 Å². The summed E-state index contributed by atoms with van der Waals surface area (Å²) < 4.78 is 9.48. The van der Waals surface area contributed by atoms with Crippen molar-refractivity contribution < 1.29 is 9.53 Å². The Balaban J connectivity index is 1.53. The van der Waals surface area contributed by atoms with Crippen molar-refractivity contribution in [1.29, 1.82) is 0 Å². The molecule has 1 aliphatic rings. The molecule has 5 rings (SSSR count). The molecule has 0 bridgehead atoms. The van der Waals surface area contributed by atoms with E-state index in [9.17, 15) is 4.79 Å². The maximum atomic E-state index is 12.2. The highest BCUT2D eigenvalue weighted by Gasteiger charge is 2.30. The zero-order valence-corrected chi connectivity index (χ0v) is 21.1. The zero-order valence-electron chi connectivity index (χ0n) is 20.3. The Kier molecular flexibility index (Phi) is 6.56. The first-order chi connectivity index (χ1) is 17.4.